The van der Waals surface area contributed by atoms with Crippen LogP contribution in [0.15, 0.2) is 6.07 Å². The van der Waals surface area contributed by atoms with E-state index >= 15 is 0 Å². The van der Waals surface area contributed by atoms with Gasteiger partial charge >= 0.3 is 0 Å². The molecule has 0 amide bonds. The second kappa shape index (κ2) is 6.88. The quantitative estimate of drug-likeness (QED) is 0.843. The van der Waals surface area contributed by atoms with Gasteiger partial charge < -0.3 is 9.80 Å². The topological polar surface area (TPSA) is 52.8 Å². The highest BCUT2D eigenvalue weighted by Crippen LogP contribution is 2.21. The van der Waals surface area contributed by atoms with E-state index in [1.54, 1.807) is 0 Å². The first-order valence-electron chi connectivity index (χ1n) is 9.51. The molecule has 0 aliphatic carbocycles. The third-order valence-electron chi connectivity index (χ3n) is 5.58. The Labute approximate surface area is 149 Å². The molecule has 2 fully saturated rings. The minimum Gasteiger partial charge on any atom is -0.354 e. The fourth-order valence-electron chi connectivity index (χ4n) is 3.91. The molecule has 0 saturated carbocycles. The van der Waals surface area contributed by atoms with Gasteiger partial charge in [0.25, 0.3) is 5.78 Å². The summed E-state index contributed by atoms with van der Waals surface area (Å²) >= 11 is 0. The van der Waals surface area contributed by atoms with Gasteiger partial charge in [0.05, 0.1) is 6.54 Å². The molecule has 7 heteroatoms. The minimum absolute atomic E-state index is 0.618. The number of likely N-dealkylation sites (N-methyl/N-ethyl adjacent to an activating group) is 1. The molecule has 7 nitrogen and oxygen atoms in total. The van der Waals surface area contributed by atoms with Crippen molar-refractivity contribution >= 4 is 11.6 Å². The van der Waals surface area contributed by atoms with E-state index in [1.165, 1.54) is 19.3 Å². The van der Waals surface area contributed by atoms with E-state index in [0.717, 1.165) is 62.4 Å². The van der Waals surface area contributed by atoms with Crippen LogP contribution in [0.1, 0.15) is 37.7 Å². The molecule has 0 unspecified atom stereocenters. The molecular weight excluding hydrogens is 314 g/mol. The third kappa shape index (κ3) is 3.48. The predicted molar refractivity (Wildman–Crippen MR) is 99.0 cm³/mol. The lowest BCUT2D eigenvalue weighted by atomic mass is 10.0. The van der Waals surface area contributed by atoms with Gasteiger partial charge in [-0.05, 0) is 40.3 Å². The standard InChI is InChI=1S/C18H29N7/c1-14-12-17(23-10-8-22(3)9-11-23)25-18(19-14)20-16(21-25)13-24-7-5-4-6-15(24)2/h12,15H,4-11,13H2,1-3H3/t15-/m1/s1. The molecule has 1 atom stereocenters. The van der Waals surface area contributed by atoms with Crippen molar-refractivity contribution < 1.29 is 0 Å². The van der Waals surface area contributed by atoms with E-state index in [0.29, 0.717) is 6.04 Å². The molecule has 0 N–H and O–H groups in total. The van der Waals surface area contributed by atoms with Crippen LogP contribution < -0.4 is 4.90 Å². The zero-order valence-corrected chi connectivity index (χ0v) is 15.6. The number of aryl methyl sites for hydroxylation is 1. The monoisotopic (exact) mass is 343 g/mol. The second-order valence-electron chi connectivity index (χ2n) is 7.60. The summed E-state index contributed by atoms with van der Waals surface area (Å²) in [7, 11) is 2.18. The number of nitrogens with zero attached hydrogens (tertiary/aromatic N) is 7. The van der Waals surface area contributed by atoms with Crippen molar-refractivity contribution in [2.75, 3.05) is 44.7 Å². The van der Waals surface area contributed by atoms with E-state index in [1.807, 2.05) is 11.4 Å². The summed E-state index contributed by atoms with van der Waals surface area (Å²) in [5, 5.41) is 4.82. The molecule has 0 radical (unpaired) electrons. The molecule has 0 bridgehead atoms. The number of aromatic nitrogens is 4. The summed E-state index contributed by atoms with van der Waals surface area (Å²) in [6.07, 6.45) is 3.89. The average molecular weight is 343 g/mol. The first kappa shape index (κ1) is 16.7. The van der Waals surface area contributed by atoms with E-state index in [-0.39, 0.29) is 0 Å². The van der Waals surface area contributed by atoms with Crippen molar-refractivity contribution in [2.24, 2.45) is 0 Å². The highest BCUT2D eigenvalue weighted by molar-refractivity contribution is 5.48. The average Bonchev–Trinajstić information content (AvgIpc) is 2.99. The van der Waals surface area contributed by atoms with Crippen molar-refractivity contribution in [1.82, 2.24) is 29.4 Å². The third-order valence-corrected chi connectivity index (χ3v) is 5.58. The van der Waals surface area contributed by atoms with Crippen LogP contribution in [0.3, 0.4) is 0 Å². The number of rotatable bonds is 3. The highest BCUT2D eigenvalue weighted by atomic mass is 15.4. The Kier molecular flexibility index (Phi) is 4.60. The lowest BCUT2D eigenvalue weighted by Crippen LogP contribution is -2.45. The van der Waals surface area contributed by atoms with Gasteiger partial charge in [-0.2, -0.15) is 9.50 Å². The molecule has 4 rings (SSSR count). The number of piperazine rings is 1. The van der Waals surface area contributed by atoms with Crippen molar-refractivity contribution in [2.45, 2.75) is 45.7 Å². The maximum atomic E-state index is 4.82. The molecule has 136 valence electrons. The van der Waals surface area contributed by atoms with Gasteiger partial charge in [0, 0.05) is 44.0 Å². The number of anilines is 1. The summed E-state index contributed by atoms with van der Waals surface area (Å²) in [5.41, 5.74) is 1.01. The lowest BCUT2D eigenvalue weighted by molar-refractivity contribution is 0.149. The van der Waals surface area contributed by atoms with Crippen LogP contribution in [0.5, 0.6) is 0 Å². The van der Waals surface area contributed by atoms with Crippen LogP contribution in [0.4, 0.5) is 5.82 Å². The molecule has 0 spiro atoms. The van der Waals surface area contributed by atoms with Gasteiger partial charge in [-0.3, -0.25) is 4.90 Å². The Balaban J connectivity index is 1.62. The van der Waals surface area contributed by atoms with Gasteiger partial charge in [-0.25, -0.2) is 4.98 Å². The lowest BCUT2D eigenvalue weighted by Gasteiger charge is -2.33. The molecule has 2 aliphatic rings. The summed E-state index contributed by atoms with van der Waals surface area (Å²) in [4.78, 5) is 16.6. The molecule has 2 aromatic rings. The maximum Gasteiger partial charge on any atom is 0.254 e. The Hall–Kier alpha value is -1.73. The van der Waals surface area contributed by atoms with E-state index in [2.05, 4.69) is 39.7 Å². The molecule has 2 aliphatic heterocycles. The van der Waals surface area contributed by atoms with E-state index in [9.17, 15) is 0 Å². The largest absolute Gasteiger partial charge is 0.354 e. The molecule has 0 aromatic carbocycles. The van der Waals surface area contributed by atoms with E-state index in [4.69, 9.17) is 10.1 Å². The zero-order chi connectivity index (χ0) is 17.4. The molecule has 2 saturated heterocycles. The normalized spacial score (nSPS) is 23.5. The van der Waals surface area contributed by atoms with Gasteiger partial charge in [0.2, 0.25) is 0 Å². The van der Waals surface area contributed by atoms with Crippen LogP contribution in [-0.2, 0) is 6.54 Å². The van der Waals surface area contributed by atoms with Crippen LogP contribution in [0, 0.1) is 6.92 Å². The van der Waals surface area contributed by atoms with Crippen molar-refractivity contribution in [3.63, 3.8) is 0 Å². The summed E-state index contributed by atoms with van der Waals surface area (Å²) in [5.74, 6) is 2.75. The van der Waals surface area contributed by atoms with Gasteiger partial charge in [-0.1, -0.05) is 6.42 Å². The Morgan fingerprint density at radius 1 is 1.08 bits per heavy atom. The SMILES string of the molecule is Cc1cc(N2CCN(C)CC2)n2nc(CN3CCCC[C@H]3C)nc2n1. The van der Waals surface area contributed by atoms with Crippen molar-refractivity contribution in [3.8, 4) is 0 Å². The predicted octanol–water partition coefficient (Wildman–Crippen LogP) is 1.56. The van der Waals surface area contributed by atoms with Crippen LogP contribution >= 0.6 is 0 Å². The number of piperidine rings is 1. The number of likely N-dealkylation sites (tertiary alicyclic amines) is 1. The Morgan fingerprint density at radius 2 is 1.88 bits per heavy atom. The highest BCUT2D eigenvalue weighted by Gasteiger charge is 2.22. The fraction of sp³-hybridized carbons (Fsp3) is 0.722. The van der Waals surface area contributed by atoms with E-state index < -0.39 is 0 Å². The van der Waals surface area contributed by atoms with Crippen molar-refractivity contribution in [3.05, 3.63) is 17.6 Å². The zero-order valence-electron chi connectivity index (χ0n) is 15.6. The summed E-state index contributed by atoms with van der Waals surface area (Å²) in [6.45, 7) is 10.5. The Bertz CT molecular complexity index is 732. The number of hydrogen-bond acceptors (Lipinski definition) is 6. The minimum atomic E-state index is 0.618. The van der Waals surface area contributed by atoms with Crippen molar-refractivity contribution in [1.29, 1.82) is 0 Å². The fourth-order valence-corrected chi connectivity index (χ4v) is 3.91. The summed E-state index contributed by atoms with van der Waals surface area (Å²) < 4.78 is 1.95. The molecule has 25 heavy (non-hydrogen) atoms. The van der Waals surface area contributed by atoms with Gasteiger partial charge in [-0.15, -0.1) is 5.10 Å². The number of fused-ring (bicyclic) bond motifs is 1. The van der Waals surface area contributed by atoms with Crippen LogP contribution in [-0.4, -0.2) is 75.2 Å². The molecular formula is C18H29N7. The Morgan fingerprint density at radius 3 is 2.64 bits per heavy atom. The molecule has 4 heterocycles. The van der Waals surface area contributed by atoms with Crippen LogP contribution in [0.25, 0.3) is 5.78 Å². The first-order chi connectivity index (χ1) is 12.1. The second-order valence-corrected chi connectivity index (χ2v) is 7.60. The molecule has 2 aromatic heterocycles. The summed E-state index contributed by atoms with van der Waals surface area (Å²) in [6, 6.07) is 2.76. The van der Waals surface area contributed by atoms with Gasteiger partial charge in [0.15, 0.2) is 5.82 Å². The maximum absolute atomic E-state index is 4.82. The van der Waals surface area contributed by atoms with Gasteiger partial charge in [0.1, 0.15) is 5.82 Å². The van der Waals surface area contributed by atoms with Crippen LogP contribution in [0.2, 0.25) is 0 Å². The first-order valence-corrected chi connectivity index (χ1v) is 9.51. The number of hydrogen-bond donors (Lipinski definition) is 0. The smallest absolute Gasteiger partial charge is 0.254 e.